The zero-order valence-electron chi connectivity index (χ0n) is 34.6. The van der Waals surface area contributed by atoms with Gasteiger partial charge in [-0.3, -0.25) is 9.48 Å². The minimum absolute atomic E-state index is 0.00304. The lowest BCUT2D eigenvalue weighted by atomic mass is 10.0. The van der Waals surface area contributed by atoms with E-state index in [-0.39, 0.29) is 18.0 Å². The summed E-state index contributed by atoms with van der Waals surface area (Å²) in [6.45, 7) is 13.2. The number of hydrogen-bond donors (Lipinski definition) is 4. The number of carbonyl (C=O) groups excluding carboxylic acids is 1. The standard InChI is InChI=1S/C22H47N3O.C21H24N6OS/c1-2-3-4-5-6-7-8-9-10-11-12-13-14-17-20-25-22(26)21(24)18-15-16-19-23;1-5-28-21-15(7-6-8-22-21)16-9-17(23-11-19-14(4)24-12-29-19)20-18(26-16)10-25-27(20)13(2)3/h21H,2-20,23-24H2,1H3,(H,25,26);6-10,12-13H,5,11H2,1-4H3,(H,23,26)/t21-;/m0./s1. The molecule has 11 nitrogen and oxygen atoms in total. The van der Waals surface area contributed by atoms with E-state index in [0.29, 0.717) is 25.6 Å². The summed E-state index contributed by atoms with van der Waals surface area (Å²) in [7, 11) is 0. The van der Waals surface area contributed by atoms with Gasteiger partial charge in [-0.15, -0.1) is 11.3 Å². The van der Waals surface area contributed by atoms with E-state index in [0.717, 1.165) is 65.9 Å². The summed E-state index contributed by atoms with van der Waals surface area (Å²) >= 11 is 1.65. The van der Waals surface area contributed by atoms with Crippen LogP contribution in [0.2, 0.25) is 0 Å². The Bertz CT molecular complexity index is 1620. The molecule has 0 saturated heterocycles. The fraction of sp³-hybridized carbons (Fsp3) is 0.651. The molecule has 4 heterocycles. The largest absolute Gasteiger partial charge is 0.477 e. The van der Waals surface area contributed by atoms with Crippen LogP contribution in [0.3, 0.4) is 0 Å². The van der Waals surface area contributed by atoms with Crippen LogP contribution < -0.4 is 26.8 Å². The molecule has 0 fully saturated rings. The minimum atomic E-state index is -0.367. The predicted octanol–water partition coefficient (Wildman–Crippen LogP) is 9.89. The van der Waals surface area contributed by atoms with Crippen molar-refractivity contribution in [1.82, 2.24) is 30.0 Å². The molecule has 0 spiro atoms. The fourth-order valence-corrected chi connectivity index (χ4v) is 7.26. The minimum Gasteiger partial charge on any atom is -0.477 e. The normalized spacial score (nSPS) is 11.8. The van der Waals surface area contributed by atoms with E-state index in [2.05, 4.69) is 52.5 Å². The van der Waals surface area contributed by atoms with E-state index in [9.17, 15) is 4.79 Å². The Balaban J connectivity index is 0.000000298. The Hall–Kier alpha value is -3.61. The molecule has 306 valence electrons. The van der Waals surface area contributed by atoms with Crippen LogP contribution in [-0.4, -0.2) is 56.4 Å². The van der Waals surface area contributed by atoms with Crippen LogP contribution in [0, 0.1) is 6.92 Å². The van der Waals surface area contributed by atoms with Gasteiger partial charge in [0.1, 0.15) is 11.0 Å². The lowest BCUT2D eigenvalue weighted by Gasteiger charge is -2.15. The van der Waals surface area contributed by atoms with E-state index in [1.54, 1.807) is 17.5 Å². The number of ether oxygens (including phenoxy) is 1. The molecule has 0 aliphatic rings. The van der Waals surface area contributed by atoms with Crippen LogP contribution in [0.4, 0.5) is 5.69 Å². The van der Waals surface area contributed by atoms with E-state index >= 15 is 0 Å². The number of pyridine rings is 2. The number of unbranched alkanes of at least 4 members (excludes halogenated alkanes) is 14. The first-order chi connectivity index (χ1) is 26.8. The number of thiazole rings is 1. The second kappa shape index (κ2) is 27.1. The Morgan fingerprint density at radius 2 is 1.60 bits per heavy atom. The molecule has 4 rings (SSSR count). The molecule has 0 aliphatic heterocycles. The van der Waals surface area contributed by atoms with E-state index in [1.807, 2.05) is 42.4 Å². The van der Waals surface area contributed by atoms with Gasteiger partial charge in [0.2, 0.25) is 11.8 Å². The van der Waals surface area contributed by atoms with Gasteiger partial charge in [0.05, 0.1) is 53.5 Å². The van der Waals surface area contributed by atoms with Crippen molar-refractivity contribution in [3.8, 4) is 17.1 Å². The van der Waals surface area contributed by atoms with Gasteiger partial charge in [-0.2, -0.15) is 5.10 Å². The van der Waals surface area contributed by atoms with Gasteiger partial charge in [-0.25, -0.2) is 15.0 Å². The number of anilines is 1. The second-order valence-electron chi connectivity index (χ2n) is 14.8. The lowest BCUT2D eigenvalue weighted by Crippen LogP contribution is -2.40. The monoisotopic (exact) mass is 778 g/mol. The van der Waals surface area contributed by atoms with Gasteiger partial charge < -0.3 is 26.8 Å². The number of nitrogens with zero attached hydrogens (tertiary/aromatic N) is 5. The molecular formula is C43H71N9O2S. The van der Waals surface area contributed by atoms with Crippen LogP contribution in [0.15, 0.2) is 36.1 Å². The number of aryl methyl sites for hydroxylation is 1. The first-order valence-electron chi connectivity index (χ1n) is 21.1. The van der Waals surface area contributed by atoms with Crippen LogP contribution >= 0.6 is 11.3 Å². The number of hydrogen-bond acceptors (Lipinski definition) is 10. The van der Waals surface area contributed by atoms with Gasteiger partial charge >= 0.3 is 0 Å². The van der Waals surface area contributed by atoms with Crippen molar-refractivity contribution < 1.29 is 9.53 Å². The molecule has 4 aromatic rings. The van der Waals surface area contributed by atoms with Crippen molar-refractivity contribution in [2.45, 2.75) is 162 Å². The average molecular weight is 778 g/mol. The van der Waals surface area contributed by atoms with Crippen LogP contribution in [-0.2, 0) is 11.3 Å². The summed E-state index contributed by atoms with van der Waals surface area (Å²) in [5.74, 6) is 0.582. The molecule has 0 aromatic carbocycles. The van der Waals surface area contributed by atoms with Crippen molar-refractivity contribution in [1.29, 1.82) is 0 Å². The highest BCUT2D eigenvalue weighted by molar-refractivity contribution is 7.09. The smallest absolute Gasteiger partial charge is 0.236 e. The summed E-state index contributed by atoms with van der Waals surface area (Å²) in [6, 6.07) is 5.79. The number of aromatic nitrogens is 5. The number of nitrogens with one attached hydrogen (secondary N) is 2. The maximum atomic E-state index is 11.8. The third kappa shape index (κ3) is 16.6. The van der Waals surface area contributed by atoms with E-state index < -0.39 is 0 Å². The van der Waals surface area contributed by atoms with Crippen molar-refractivity contribution >= 4 is 34.0 Å². The Morgan fingerprint density at radius 3 is 2.20 bits per heavy atom. The summed E-state index contributed by atoms with van der Waals surface area (Å²) < 4.78 is 7.72. The van der Waals surface area contributed by atoms with Gasteiger partial charge in [-0.1, -0.05) is 96.8 Å². The topological polar surface area (TPSA) is 159 Å². The maximum Gasteiger partial charge on any atom is 0.236 e. The SMILES string of the molecule is CCCCCCCCCCCCCCCCNC(=O)[C@@H](N)CCCCN.CCOc1ncccc1-c1cc(NCc2scnc2C)c2c(cnn2C(C)C)n1. The zero-order valence-corrected chi connectivity index (χ0v) is 35.4. The molecule has 4 aromatic heterocycles. The van der Waals surface area contributed by atoms with Gasteiger partial charge in [0.25, 0.3) is 0 Å². The first-order valence-corrected chi connectivity index (χ1v) is 22.0. The maximum absolute atomic E-state index is 11.8. The van der Waals surface area contributed by atoms with Crippen molar-refractivity contribution in [3.63, 3.8) is 0 Å². The molecule has 0 aliphatic carbocycles. The number of rotatable bonds is 27. The lowest BCUT2D eigenvalue weighted by molar-refractivity contribution is -0.122. The fourth-order valence-electron chi connectivity index (χ4n) is 6.54. The van der Waals surface area contributed by atoms with Gasteiger partial charge in [0.15, 0.2) is 0 Å². The molecule has 0 radical (unpaired) electrons. The summed E-state index contributed by atoms with van der Waals surface area (Å²) in [5.41, 5.74) is 18.7. The quantitative estimate of drug-likeness (QED) is 0.0432. The van der Waals surface area contributed by atoms with Crippen LogP contribution in [0.1, 0.15) is 153 Å². The molecule has 55 heavy (non-hydrogen) atoms. The van der Waals surface area contributed by atoms with Crippen molar-refractivity contribution in [3.05, 3.63) is 46.7 Å². The molecule has 12 heteroatoms. The zero-order chi connectivity index (χ0) is 39.7. The molecule has 0 unspecified atom stereocenters. The Labute approximate surface area is 335 Å². The molecule has 0 saturated carbocycles. The predicted molar refractivity (Wildman–Crippen MR) is 231 cm³/mol. The second-order valence-corrected chi connectivity index (χ2v) is 15.7. The van der Waals surface area contributed by atoms with E-state index in [1.165, 1.54) is 88.3 Å². The van der Waals surface area contributed by atoms with Crippen LogP contribution in [0.5, 0.6) is 5.88 Å². The summed E-state index contributed by atoms with van der Waals surface area (Å²) in [5, 5.41) is 11.1. The number of nitrogens with two attached hydrogens (primary N) is 2. The molecule has 1 atom stereocenters. The van der Waals surface area contributed by atoms with E-state index in [4.69, 9.17) is 21.2 Å². The van der Waals surface area contributed by atoms with Crippen molar-refractivity contribution in [2.75, 3.05) is 25.0 Å². The molecule has 1 amide bonds. The van der Waals surface area contributed by atoms with Gasteiger partial charge in [-0.05, 0) is 71.7 Å². The molecule has 0 bridgehead atoms. The highest BCUT2D eigenvalue weighted by atomic mass is 32.1. The first kappa shape index (κ1) is 45.8. The number of carbonyl (C=O) groups is 1. The Morgan fingerprint density at radius 1 is 0.927 bits per heavy atom. The number of fused-ring (bicyclic) bond motifs is 1. The molecule has 6 N–H and O–H groups in total. The highest BCUT2D eigenvalue weighted by Crippen LogP contribution is 2.33. The third-order valence-electron chi connectivity index (χ3n) is 9.79. The Kier molecular flexibility index (Phi) is 22.5. The average Bonchev–Trinajstić information content (AvgIpc) is 3.82. The third-order valence-corrected chi connectivity index (χ3v) is 10.7. The van der Waals surface area contributed by atoms with Crippen LogP contribution in [0.25, 0.3) is 22.3 Å². The van der Waals surface area contributed by atoms with Gasteiger partial charge in [0, 0.05) is 23.7 Å². The summed E-state index contributed by atoms with van der Waals surface area (Å²) in [6.07, 6.45) is 25.1. The number of amides is 1. The highest BCUT2D eigenvalue weighted by Gasteiger charge is 2.18. The molecular weight excluding hydrogens is 707 g/mol. The summed E-state index contributed by atoms with van der Waals surface area (Å²) in [4.78, 5) is 26.6. The van der Waals surface area contributed by atoms with Crippen molar-refractivity contribution in [2.24, 2.45) is 11.5 Å².